The second-order valence-electron chi connectivity index (χ2n) is 5.32. The SMILES string of the molecule is C[C@H](O)c1ccc(N(C)CC2CCOCC2)c(F)c1. The summed E-state index contributed by atoms with van der Waals surface area (Å²) in [6, 6.07) is 4.95. The minimum absolute atomic E-state index is 0.270. The van der Waals surface area contributed by atoms with Gasteiger partial charge in [0, 0.05) is 26.8 Å². The number of aliphatic hydroxyl groups is 1. The van der Waals surface area contributed by atoms with Crippen molar-refractivity contribution < 1.29 is 14.2 Å². The third-order valence-corrected chi connectivity index (χ3v) is 3.74. The van der Waals surface area contributed by atoms with Crippen LogP contribution in [-0.4, -0.2) is 31.9 Å². The predicted molar refractivity (Wildman–Crippen MR) is 73.8 cm³/mol. The van der Waals surface area contributed by atoms with Crippen LogP contribution in [0.5, 0.6) is 0 Å². The third kappa shape index (κ3) is 3.67. The van der Waals surface area contributed by atoms with Crippen molar-refractivity contribution in [1.82, 2.24) is 0 Å². The van der Waals surface area contributed by atoms with Gasteiger partial charge in [0.1, 0.15) is 5.82 Å². The molecule has 1 N–H and O–H groups in total. The first-order valence-corrected chi connectivity index (χ1v) is 6.84. The minimum Gasteiger partial charge on any atom is -0.389 e. The molecule has 1 aromatic rings. The van der Waals surface area contributed by atoms with E-state index in [1.807, 2.05) is 11.9 Å². The van der Waals surface area contributed by atoms with Crippen molar-refractivity contribution in [3.05, 3.63) is 29.6 Å². The van der Waals surface area contributed by atoms with E-state index in [-0.39, 0.29) is 5.82 Å². The van der Waals surface area contributed by atoms with Crippen molar-refractivity contribution in [3.8, 4) is 0 Å². The van der Waals surface area contributed by atoms with Gasteiger partial charge in [-0.15, -0.1) is 0 Å². The van der Waals surface area contributed by atoms with Crippen LogP contribution in [0.2, 0.25) is 0 Å². The van der Waals surface area contributed by atoms with E-state index in [0.717, 1.165) is 32.6 Å². The minimum atomic E-state index is -0.635. The van der Waals surface area contributed by atoms with E-state index < -0.39 is 6.10 Å². The summed E-state index contributed by atoms with van der Waals surface area (Å²) in [5.41, 5.74) is 1.21. The van der Waals surface area contributed by atoms with Crippen molar-refractivity contribution in [3.63, 3.8) is 0 Å². The van der Waals surface area contributed by atoms with Crippen LogP contribution >= 0.6 is 0 Å². The summed E-state index contributed by atoms with van der Waals surface area (Å²) < 4.78 is 19.4. The zero-order chi connectivity index (χ0) is 13.8. The molecule has 0 saturated carbocycles. The summed E-state index contributed by atoms with van der Waals surface area (Å²) in [6.07, 6.45) is 1.44. The molecule has 19 heavy (non-hydrogen) atoms. The lowest BCUT2D eigenvalue weighted by Crippen LogP contribution is -2.30. The van der Waals surface area contributed by atoms with E-state index in [9.17, 15) is 9.50 Å². The van der Waals surface area contributed by atoms with Crippen molar-refractivity contribution in [2.75, 3.05) is 31.7 Å². The van der Waals surface area contributed by atoms with Gasteiger partial charge in [0.05, 0.1) is 11.8 Å². The van der Waals surface area contributed by atoms with Crippen molar-refractivity contribution in [1.29, 1.82) is 0 Å². The molecule has 1 aliphatic rings. The van der Waals surface area contributed by atoms with Crippen molar-refractivity contribution in [2.24, 2.45) is 5.92 Å². The van der Waals surface area contributed by atoms with Crippen molar-refractivity contribution in [2.45, 2.75) is 25.9 Å². The van der Waals surface area contributed by atoms with E-state index in [1.54, 1.807) is 19.1 Å². The molecule has 0 aliphatic carbocycles. The number of rotatable bonds is 4. The van der Waals surface area contributed by atoms with Gasteiger partial charge >= 0.3 is 0 Å². The molecule has 0 bridgehead atoms. The van der Waals surface area contributed by atoms with Gasteiger partial charge in [0.2, 0.25) is 0 Å². The summed E-state index contributed by atoms with van der Waals surface area (Å²) in [5.74, 6) is 0.294. The Bertz CT molecular complexity index is 417. The van der Waals surface area contributed by atoms with Gasteiger partial charge < -0.3 is 14.7 Å². The number of hydrogen-bond donors (Lipinski definition) is 1. The summed E-state index contributed by atoms with van der Waals surface area (Å²) >= 11 is 0. The monoisotopic (exact) mass is 267 g/mol. The fourth-order valence-corrected chi connectivity index (χ4v) is 2.51. The average Bonchev–Trinajstić information content (AvgIpc) is 2.39. The van der Waals surface area contributed by atoms with Gasteiger partial charge in [0.15, 0.2) is 0 Å². The van der Waals surface area contributed by atoms with Gasteiger partial charge in [-0.1, -0.05) is 6.07 Å². The highest BCUT2D eigenvalue weighted by Crippen LogP contribution is 2.25. The number of halogens is 1. The highest BCUT2D eigenvalue weighted by molar-refractivity contribution is 5.48. The van der Waals surface area contributed by atoms with E-state index in [4.69, 9.17) is 4.74 Å². The number of anilines is 1. The maximum absolute atomic E-state index is 14.0. The predicted octanol–water partition coefficient (Wildman–Crippen LogP) is 2.74. The quantitative estimate of drug-likeness (QED) is 0.910. The molecule has 0 radical (unpaired) electrons. The first-order valence-electron chi connectivity index (χ1n) is 6.84. The maximum atomic E-state index is 14.0. The van der Waals surface area contributed by atoms with Crippen LogP contribution in [-0.2, 0) is 4.74 Å². The lowest BCUT2D eigenvalue weighted by atomic mass is 9.99. The Morgan fingerprint density at radius 3 is 2.68 bits per heavy atom. The highest BCUT2D eigenvalue weighted by Gasteiger charge is 2.18. The van der Waals surface area contributed by atoms with Gasteiger partial charge in [-0.2, -0.15) is 0 Å². The van der Waals surface area contributed by atoms with Gasteiger partial charge in [-0.25, -0.2) is 4.39 Å². The summed E-state index contributed by atoms with van der Waals surface area (Å²) in [6.45, 7) is 4.10. The molecule has 1 saturated heterocycles. The second-order valence-corrected chi connectivity index (χ2v) is 5.32. The number of ether oxygens (including phenoxy) is 1. The van der Waals surface area contributed by atoms with Crippen LogP contribution in [0.25, 0.3) is 0 Å². The van der Waals surface area contributed by atoms with E-state index in [1.165, 1.54) is 6.07 Å². The summed E-state index contributed by atoms with van der Waals surface area (Å²) in [4.78, 5) is 1.96. The van der Waals surface area contributed by atoms with E-state index in [2.05, 4.69) is 0 Å². The Morgan fingerprint density at radius 1 is 1.42 bits per heavy atom. The number of hydrogen-bond acceptors (Lipinski definition) is 3. The summed E-state index contributed by atoms with van der Waals surface area (Å²) in [7, 11) is 1.91. The van der Waals surface area contributed by atoms with E-state index in [0.29, 0.717) is 17.2 Å². The maximum Gasteiger partial charge on any atom is 0.146 e. The standard InChI is InChI=1S/C15H22FNO2/c1-11(18)13-3-4-15(14(16)9-13)17(2)10-12-5-7-19-8-6-12/h3-4,9,11-12,18H,5-8,10H2,1-2H3/t11-/m0/s1. The molecule has 4 heteroatoms. The molecule has 2 rings (SSSR count). The Balaban J connectivity index is 2.03. The average molecular weight is 267 g/mol. The molecule has 106 valence electrons. The normalized spacial score (nSPS) is 18.3. The molecule has 1 aliphatic heterocycles. The van der Waals surface area contributed by atoms with Crippen molar-refractivity contribution >= 4 is 5.69 Å². The van der Waals surface area contributed by atoms with Crippen LogP contribution in [0, 0.1) is 11.7 Å². The molecule has 1 atom stereocenters. The Morgan fingerprint density at radius 2 is 2.11 bits per heavy atom. The lowest BCUT2D eigenvalue weighted by molar-refractivity contribution is 0.0685. The molecule has 1 aromatic carbocycles. The Hall–Kier alpha value is -1.13. The summed E-state index contributed by atoms with van der Waals surface area (Å²) in [5, 5.41) is 9.44. The smallest absolute Gasteiger partial charge is 0.146 e. The molecule has 0 aromatic heterocycles. The van der Waals surface area contributed by atoms with E-state index >= 15 is 0 Å². The van der Waals surface area contributed by atoms with Gasteiger partial charge in [-0.3, -0.25) is 0 Å². The van der Waals surface area contributed by atoms with Crippen LogP contribution in [0.4, 0.5) is 10.1 Å². The van der Waals surface area contributed by atoms with Crippen LogP contribution in [0.3, 0.4) is 0 Å². The Kier molecular flexibility index (Phi) is 4.77. The molecule has 0 amide bonds. The molecular weight excluding hydrogens is 245 g/mol. The van der Waals surface area contributed by atoms with Gasteiger partial charge in [0.25, 0.3) is 0 Å². The number of nitrogens with zero attached hydrogens (tertiary/aromatic N) is 1. The zero-order valence-corrected chi connectivity index (χ0v) is 11.6. The Labute approximate surface area is 114 Å². The van der Waals surface area contributed by atoms with Crippen LogP contribution < -0.4 is 4.90 Å². The fraction of sp³-hybridized carbons (Fsp3) is 0.600. The molecule has 3 nitrogen and oxygen atoms in total. The van der Waals surface area contributed by atoms with Gasteiger partial charge in [-0.05, 0) is 43.4 Å². The zero-order valence-electron chi connectivity index (χ0n) is 11.6. The lowest BCUT2D eigenvalue weighted by Gasteiger charge is -2.28. The third-order valence-electron chi connectivity index (χ3n) is 3.74. The number of aliphatic hydroxyl groups excluding tert-OH is 1. The first-order chi connectivity index (χ1) is 9.08. The topological polar surface area (TPSA) is 32.7 Å². The molecule has 0 spiro atoms. The molecule has 0 unspecified atom stereocenters. The second kappa shape index (κ2) is 6.35. The first kappa shape index (κ1) is 14.3. The molecular formula is C15H22FNO2. The van der Waals surface area contributed by atoms with Crippen LogP contribution in [0.1, 0.15) is 31.4 Å². The molecule has 1 fully saturated rings. The fourth-order valence-electron chi connectivity index (χ4n) is 2.51. The largest absolute Gasteiger partial charge is 0.389 e. The number of benzene rings is 1. The van der Waals surface area contributed by atoms with Crippen LogP contribution in [0.15, 0.2) is 18.2 Å². The highest BCUT2D eigenvalue weighted by atomic mass is 19.1. The molecule has 1 heterocycles.